The number of nitrogens with one attached hydrogen (secondary N) is 1. The van der Waals surface area contributed by atoms with Crippen molar-refractivity contribution in [3.63, 3.8) is 0 Å². The average molecular weight is 497 g/mol. The third-order valence-electron chi connectivity index (χ3n) is 5.44. The number of pyridine rings is 1. The maximum absolute atomic E-state index is 13.0. The Morgan fingerprint density at radius 2 is 1.91 bits per heavy atom. The number of aromatic nitrogens is 7. The van der Waals surface area contributed by atoms with Gasteiger partial charge in [0.05, 0.1) is 41.7 Å². The number of ketones is 1. The number of imidazole rings is 1. The van der Waals surface area contributed by atoms with Gasteiger partial charge in [0.15, 0.2) is 17.0 Å². The number of hydrogen-bond acceptors (Lipinski definition) is 8. The first kappa shape index (κ1) is 24.0. The molecule has 0 aromatic carbocycles. The summed E-state index contributed by atoms with van der Waals surface area (Å²) in [5.41, 5.74) is 0.513. The van der Waals surface area contributed by atoms with Crippen molar-refractivity contribution in [1.82, 2.24) is 33.6 Å². The van der Waals surface area contributed by atoms with E-state index in [9.17, 15) is 19.2 Å². The topological polar surface area (TPSA) is 147 Å². The lowest BCUT2D eigenvalue weighted by Gasteiger charge is -2.15. The van der Waals surface area contributed by atoms with Crippen LogP contribution in [-0.2, 0) is 23.2 Å². The minimum Gasteiger partial charge on any atom is -0.312 e. The summed E-state index contributed by atoms with van der Waals surface area (Å²) in [6.45, 7) is 4.24. The molecule has 0 radical (unpaired) electrons. The van der Waals surface area contributed by atoms with Crippen molar-refractivity contribution < 1.29 is 9.59 Å². The second-order valence-corrected chi connectivity index (χ2v) is 8.41. The molecule has 0 fully saturated rings. The SMILES string of the molecule is CC(=O)Cn1c(=O)c2c(ncn2[C@@H](C)C(=O)Nc2cncc(-c3cnc(C)c(Cl)c3)n2)n(C)c1=O. The maximum atomic E-state index is 13.0. The molecular formula is C22H21ClN8O4. The summed E-state index contributed by atoms with van der Waals surface area (Å²) in [6.07, 6.45) is 5.80. The van der Waals surface area contributed by atoms with Crippen LogP contribution in [0.4, 0.5) is 5.82 Å². The van der Waals surface area contributed by atoms with Crippen molar-refractivity contribution in [1.29, 1.82) is 0 Å². The van der Waals surface area contributed by atoms with Gasteiger partial charge in [-0.1, -0.05) is 11.6 Å². The Hall–Kier alpha value is -4.19. The van der Waals surface area contributed by atoms with Gasteiger partial charge in [0, 0.05) is 18.8 Å². The fourth-order valence-corrected chi connectivity index (χ4v) is 3.68. The minimum atomic E-state index is -0.906. The number of Topliss-reactive ketones (excluding diaryl/α,β-unsaturated/α-hetero) is 1. The molecule has 12 nitrogen and oxygen atoms in total. The highest BCUT2D eigenvalue weighted by molar-refractivity contribution is 6.31. The monoisotopic (exact) mass is 496 g/mol. The molecule has 180 valence electrons. The number of amides is 1. The summed E-state index contributed by atoms with van der Waals surface area (Å²) in [5.74, 6) is -0.673. The predicted octanol–water partition coefficient (Wildman–Crippen LogP) is 1.50. The Kier molecular flexibility index (Phi) is 6.31. The van der Waals surface area contributed by atoms with E-state index >= 15 is 0 Å². The average Bonchev–Trinajstić information content (AvgIpc) is 3.27. The second kappa shape index (κ2) is 9.22. The highest BCUT2D eigenvalue weighted by Crippen LogP contribution is 2.23. The van der Waals surface area contributed by atoms with Crippen molar-refractivity contribution in [2.75, 3.05) is 5.32 Å². The van der Waals surface area contributed by atoms with Crippen molar-refractivity contribution in [2.45, 2.75) is 33.4 Å². The van der Waals surface area contributed by atoms with E-state index in [0.29, 0.717) is 22.0 Å². The molecule has 0 unspecified atom stereocenters. The smallest absolute Gasteiger partial charge is 0.312 e. The minimum absolute atomic E-state index is 0.0243. The van der Waals surface area contributed by atoms with Crippen LogP contribution in [0, 0.1) is 6.92 Å². The van der Waals surface area contributed by atoms with Crippen LogP contribution in [0.2, 0.25) is 5.02 Å². The Morgan fingerprint density at radius 1 is 1.17 bits per heavy atom. The van der Waals surface area contributed by atoms with Crippen molar-refractivity contribution in [2.24, 2.45) is 7.05 Å². The molecular weight excluding hydrogens is 476 g/mol. The van der Waals surface area contributed by atoms with Crippen LogP contribution in [0.15, 0.2) is 40.6 Å². The van der Waals surface area contributed by atoms with E-state index in [1.165, 1.54) is 37.3 Å². The molecule has 0 aliphatic heterocycles. The van der Waals surface area contributed by atoms with Crippen molar-refractivity contribution >= 4 is 40.3 Å². The molecule has 0 saturated heterocycles. The molecule has 35 heavy (non-hydrogen) atoms. The number of anilines is 1. The normalized spacial score (nSPS) is 12.0. The Bertz CT molecular complexity index is 1600. The summed E-state index contributed by atoms with van der Waals surface area (Å²) in [6, 6.07) is 0.799. The quantitative estimate of drug-likeness (QED) is 0.422. The van der Waals surface area contributed by atoms with Crippen LogP contribution in [0.3, 0.4) is 0 Å². The number of nitrogens with zero attached hydrogens (tertiary/aromatic N) is 7. The van der Waals surface area contributed by atoms with E-state index in [0.717, 1.165) is 9.13 Å². The Labute approximate surface area is 203 Å². The predicted molar refractivity (Wildman–Crippen MR) is 128 cm³/mol. The van der Waals surface area contributed by atoms with Crippen LogP contribution in [0.1, 0.15) is 25.6 Å². The standard InChI is InChI=1S/C22H21ClN8O4/c1-11(32)9-30-21(34)18-19(29(4)22(30)35)26-10-31(18)13(3)20(33)28-17-8-24-7-16(27-17)14-5-15(23)12(2)25-6-14/h5-8,10,13H,9H2,1-4H3,(H,27,28,33)/t13-/m0/s1. The highest BCUT2D eigenvalue weighted by atomic mass is 35.5. The molecule has 0 aliphatic carbocycles. The third kappa shape index (κ3) is 4.47. The molecule has 1 amide bonds. The molecule has 4 aromatic heterocycles. The van der Waals surface area contributed by atoms with Gasteiger partial charge in [0.2, 0.25) is 5.91 Å². The van der Waals surface area contributed by atoms with E-state index in [2.05, 4.69) is 25.3 Å². The second-order valence-electron chi connectivity index (χ2n) is 8.00. The maximum Gasteiger partial charge on any atom is 0.332 e. The lowest BCUT2D eigenvalue weighted by molar-refractivity contribution is -0.119. The first-order chi connectivity index (χ1) is 16.6. The number of hydrogen-bond donors (Lipinski definition) is 1. The van der Waals surface area contributed by atoms with Crippen LogP contribution in [0.5, 0.6) is 0 Å². The van der Waals surface area contributed by atoms with Crippen LogP contribution < -0.4 is 16.6 Å². The fraction of sp³-hybridized carbons (Fsp3) is 0.273. The number of fused-ring (bicyclic) bond motifs is 1. The summed E-state index contributed by atoms with van der Waals surface area (Å²) in [5, 5.41) is 3.15. The molecule has 0 aliphatic rings. The zero-order valence-electron chi connectivity index (χ0n) is 19.3. The lowest BCUT2D eigenvalue weighted by atomic mass is 10.2. The van der Waals surface area contributed by atoms with Crippen LogP contribution in [-0.4, -0.2) is 45.3 Å². The third-order valence-corrected chi connectivity index (χ3v) is 5.82. The van der Waals surface area contributed by atoms with Gasteiger partial charge in [-0.05, 0) is 26.8 Å². The number of carbonyl (C=O) groups is 2. The Balaban J connectivity index is 1.67. The van der Waals surface area contributed by atoms with Gasteiger partial charge in [0.1, 0.15) is 11.8 Å². The molecule has 4 aromatic rings. The molecule has 1 atom stereocenters. The van der Waals surface area contributed by atoms with E-state index in [1.54, 1.807) is 26.1 Å². The lowest BCUT2D eigenvalue weighted by Crippen LogP contribution is -2.41. The van der Waals surface area contributed by atoms with Gasteiger partial charge in [0.25, 0.3) is 5.56 Å². The van der Waals surface area contributed by atoms with Gasteiger partial charge in [-0.15, -0.1) is 0 Å². The van der Waals surface area contributed by atoms with Gasteiger partial charge in [-0.25, -0.2) is 14.8 Å². The molecule has 0 saturated carbocycles. The summed E-state index contributed by atoms with van der Waals surface area (Å²) in [7, 11) is 1.44. The summed E-state index contributed by atoms with van der Waals surface area (Å²) >= 11 is 6.15. The molecule has 13 heteroatoms. The van der Waals surface area contributed by atoms with Crippen molar-refractivity contribution in [3.8, 4) is 11.3 Å². The van der Waals surface area contributed by atoms with E-state index in [-0.39, 0.29) is 29.3 Å². The summed E-state index contributed by atoms with van der Waals surface area (Å²) in [4.78, 5) is 67.0. The summed E-state index contributed by atoms with van der Waals surface area (Å²) < 4.78 is 3.34. The van der Waals surface area contributed by atoms with Crippen LogP contribution >= 0.6 is 11.6 Å². The van der Waals surface area contributed by atoms with E-state index in [4.69, 9.17) is 11.6 Å². The zero-order chi connectivity index (χ0) is 25.4. The van der Waals surface area contributed by atoms with E-state index in [1.807, 2.05) is 0 Å². The fourth-order valence-electron chi connectivity index (χ4n) is 3.51. The Morgan fingerprint density at radius 3 is 2.60 bits per heavy atom. The number of halogens is 1. The highest BCUT2D eigenvalue weighted by Gasteiger charge is 2.23. The van der Waals surface area contributed by atoms with Crippen LogP contribution in [0.25, 0.3) is 22.4 Å². The molecule has 1 N–H and O–H groups in total. The van der Waals surface area contributed by atoms with Gasteiger partial charge in [-0.2, -0.15) is 0 Å². The molecule has 4 rings (SSSR count). The first-order valence-electron chi connectivity index (χ1n) is 10.5. The van der Waals surface area contributed by atoms with Crippen molar-refractivity contribution in [3.05, 3.63) is 62.5 Å². The zero-order valence-corrected chi connectivity index (χ0v) is 20.1. The molecule has 0 spiro atoms. The number of rotatable bonds is 6. The molecule has 0 bridgehead atoms. The number of aryl methyl sites for hydroxylation is 2. The largest absolute Gasteiger partial charge is 0.332 e. The van der Waals surface area contributed by atoms with Gasteiger partial charge >= 0.3 is 5.69 Å². The van der Waals surface area contributed by atoms with E-state index < -0.39 is 23.2 Å². The van der Waals surface area contributed by atoms with Gasteiger partial charge < -0.3 is 9.88 Å². The molecule has 4 heterocycles. The van der Waals surface area contributed by atoms with Gasteiger partial charge in [-0.3, -0.25) is 33.5 Å². The number of carbonyl (C=O) groups excluding carboxylic acids is 2. The first-order valence-corrected chi connectivity index (χ1v) is 10.9.